The topological polar surface area (TPSA) is 76.8 Å². The highest BCUT2D eigenvalue weighted by Crippen LogP contribution is 2.21. The van der Waals surface area contributed by atoms with Crippen molar-refractivity contribution in [2.45, 2.75) is 25.5 Å². The Hall–Kier alpha value is -2.38. The third-order valence-electron chi connectivity index (χ3n) is 4.40. The quantitative estimate of drug-likeness (QED) is 0.728. The Labute approximate surface area is 153 Å². The molecule has 1 aromatic heterocycles. The molecule has 1 fully saturated rings. The molecule has 0 bridgehead atoms. The minimum atomic E-state index is -0.116. The van der Waals surface area contributed by atoms with E-state index in [2.05, 4.69) is 15.4 Å². The summed E-state index contributed by atoms with van der Waals surface area (Å²) in [4.78, 5) is 14.5. The largest absolute Gasteiger partial charge is 0.490 e. The van der Waals surface area contributed by atoms with Gasteiger partial charge in [-0.1, -0.05) is 11.2 Å². The van der Waals surface area contributed by atoms with Gasteiger partial charge in [0.1, 0.15) is 18.1 Å². The summed E-state index contributed by atoms with van der Waals surface area (Å²) in [5, 5.41) is 6.77. The normalized spacial score (nSPS) is 15.7. The second-order valence-corrected chi connectivity index (χ2v) is 6.36. The van der Waals surface area contributed by atoms with Crippen molar-refractivity contribution >= 4 is 5.91 Å². The summed E-state index contributed by atoms with van der Waals surface area (Å²) in [7, 11) is 1.61. The summed E-state index contributed by atoms with van der Waals surface area (Å²) in [6.45, 7) is 3.70. The van der Waals surface area contributed by atoms with Gasteiger partial charge in [-0.25, -0.2) is 0 Å². The number of carbonyl (C=O) groups is 1. The lowest BCUT2D eigenvalue weighted by Gasteiger charge is -2.31. The molecule has 26 heavy (non-hydrogen) atoms. The summed E-state index contributed by atoms with van der Waals surface area (Å²) >= 11 is 0. The van der Waals surface area contributed by atoms with Gasteiger partial charge in [0.05, 0.1) is 12.3 Å². The van der Waals surface area contributed by atoms with Gasteiger partial charge in [-0.2, -0.15) is 0 Å². The van der Waals surface area contributed by atoms with Gasteiger partial charge in [-0.05, 0) is 31.0 Å². The first kappa shape index (κ1) is 18.4. The fraction of sp³-hybridized carbons (Fsp3) is 0.474. The molecule has 1 N–H and O–H groups in total. The minimum absolute atomic E-state index is 0.116. The molecule has 0 spiro atoms. The summed E-state index contributed by atoms with van der Waals surface area (Å²) in [5.41, 5.74) is 1.55. The van der Waals surface area contributed by atoms with E-state index in [1.807, 2.05) is 18.2 Å². The maximum Gasteiger partial charge on any atom is 0.251 e. The molecule has 2 aromatic rings. The zero-order chi connectivity index (χ0) is 18.2. The lowest BCUT2D eigenvalue weighted by Crippen LogP contribution is -2.37. The Morgan fingerprint density at radius 3 is 2.92 bits per heavy atom. The molecule has 0 aliphatic carbocycles. The van der Waals surface area contributed by atoms with Crippen LogP contribution in [-0.4, -0.2) is 55.4 Å². The Morgan fingerprint density at radius 2 is 2.19 bits per heavy atom. The Morgan fingerprint density at radius 1 is 1.35 bits per heavy atom. The van der Waals surface area contributed by atoms with E-state index in [1.165, 1.54) is 0 Å². The van der Waals surface area contributed by atoms with E-state index in [1.54, 1.807) is 25.5 Å². The van der Waals surface area contributed by atoms with Crippen LogP contribution in [0.15, 0.2) is 41.1 Å². The van der Waals surface area contributed by atoms with E-state index in [9.17, 15) is 4.79 Å². The van der Waals surface area contributed by atoms with Crippen LogP contribution in [0.25, 0.3) is 0 Å². The van der Waals surface area contributed by atoms with E-state index >= 15 is 0 Å². The number of nitrogens with zero attached hydrogens (tertiary/aromatic N) is 2. The SMILES string of the molecule is COCCNC(=O)c1cccc(OC2CCN(Cc3ccon3)CC2)c1. The van der Waals surface area contributed by atoms with E-state index in [4.69, 9.17) is 14.0 Å². The molecule has 0 radical (unpaired) electrons. The summed E-state index contributed by atoms with van der Waals surface area (Å²) in [6, 6.07) is 9.22. The maximum absolute atomic E-state index is 12.1. The van der Waals surface area contributed by atoms with Crippen LogP contribution in [0.5, 0.6) is 5.75 Å². The van der Waals surface area contributed by atoms with Crippen molar-refractivity contribution in [1.29, 1.82) is 0 Å². The zero-order valence-electron chi connectivity index (χ0n) is 15.0. The Balaban J connectivity index is 1.47. The minimum Gasteiger partial charge on any atom is -0.490 e. The molecule has 2 heterocycles. The van der Waals surface area contributed by atoms with E-state index in [0.717, 1.165) is 43.9 Å². The third-order valence-corrected chi connectivity index (χ3v) is 4.40. The molecule has 1 aliphatic rings. The highest BCUT2D eigenvalue weighted by molar-refractivity contribution is 5.94. The number of nitrogens with one attached hydrogen (secondary N) is 1. The third kappa shape index (κ3) is 5.31. The van der Waals surface area contributed by atoms with Gasteiger partial charge in [0.15, 0.2) is 0 Å². The lowest BCUT2D eigenvalue weighted by atomic mass is 10.1. The number of methoxy groups -OCH3 is 1. The summed E-state index contributed by atoms with van der Waals surface area (Å²) in [6.07, 6.45) is 3.66. The molecule has 1 aromatic carbocycles. The first-order valence-corrected chi connectivity index (χ1v) is 8.90. The van der Waals surface area contributed by atoms with Crippen LogP contribution >= 0.6 is 0 Å². The lowest BCUT2D eigenvalue weighted by molar-refractivity contribution is 0.0921. The number of benzene rings is 1. The van der Waals surface area contributed by atoms with Crippen molar-refractivity contribution in [2.75, 3.05) is 33.4 Å². The zero-order valence-corrected chi connectivity index (χ0v) is 15.0. The molecule has 1 amide bonds. The van der Waals surface area contributed by atoms with Gasteiger partial charge in [0, 0.05) is 44.9 Å². The number of carbonyl (C=O) groups excluding carboxylic acids is 1. The first-order chi connectivity index (χ1) is 12.7. The predicted octanol–water partition coefficient (Wildman–Crippen LogP) is 2.09. The molecule has 0 atom stereocenters. The first-order valence-electron chi connectivity index (χ1n) is 8.90. The van der Waals surface area contributed by atoms with Gasteiger partial charge in [0.2, 0.25) is 0 Å². The number of aromatic nitrogens is 1. The smallest absolute Gasteiger partial charge is 0.251 e. The summed E-state index contributed by atoms with van der Waals surface area (Å²) in [5.74, 6) is 0.620. The van der Waals surface area contributed by atoms with Crippen molar-refractivity contribution in [3.63, 3.8) is 0 Å². The van der Waals surface area contributed by atoms with Gasteiger partial charge in [-0.3, -0.25) is 9.69 Å². The van der Waals surface area contributed by atoms with Crippen LogP contribution in [0.2, 0.25) is 0 Å². The van der Waals surface area contributed by atoms with Gasteiger partial charge in [-0.15, -0.1) is 0 Å². The van der Waals surface area contributed by atoms with Crippen molar-refractivity contribution in [1.82, 2.24) is 15.4 Å². The van der Waals surface area contributed by atoms with Crippen LogP contribution < -0.4 is 10.1 Å². The average molecular weight is 359 g/mol. The van der Waals surface area contributed by atoms with Crippen molar-refractivity contribution in [3.8, 4) is 5.75 Å². The molecule has 140 valence electrons. The van der Waals surface area contributed by atoms with Gasteiger partial charge < -0.3 is 19.3 Å². The van der Waals surface area contributed by atoms with Crippen molar-refractivity contribution in [3.05, 3.63) is 47.9 Å². The second-order valence-electron chi connectivity index (χ2n) is 6.36. The molecule has 1 aliphatic heterocycles. The molecular weight excluding hydrogens is 334 g/mol. The molecule has 3 rings (SSSR count). The van der Waals surface area contributed by atoms with Crippen LogP contribution in [0, 0.1) is 0 Å². The standard InChI is InChI=1S/C19H25N3O4/c1-24-12-8-20-19(23)15-3-2-4-18(13-15)26-17-5-9-22(10-6-17)14-16-7-11-25-21-16/h2-4,7,11,13,17H,5-6,8-10,12,14H2,1H3,(H,20,23). The number of ether oxygens (including phenoxy) is 2. The highest BCUT2D eigenvalue weighted by Gasteiger charge is 2.21. The van der Waals surface area contributed by atoms with Crippen molar-refractivity contribution in [2.24, 2.45) is 0 Å². The van der Waals surface area contributed by atoms with Crippen LogP contribution in [0.1, 0.15) is 28.9 Å². The molecule has 7 nitrogen and oxygen atoms in total. The molecule has 0 saturated carbocycles. The van der Waals surface area contributed by atoms with Gasteiger partial charge >= 0.3 is 0 Å². The van der Waals surface area contributed by atoms with Crippen LogP contribution in [0.3, 0.4) is 0 Å². The fourth-order valence-corrected chi connectivity index (χ4v) is 3.01. The molecular formula is C19H25N3O4. The molecule has 1 saturated heterocycles. The number of amides is 1. The number of rotatable bonds is 8. The van der Waals surface area contributed by atoms with E-state index in [0.29, 0.717) is 18.7 Å². The fourth-order valence-electron chi connectivity index (χ4n) is 3.01. The monoisotopic (exact) mass is 359 g/mol. The average Bonchev–Trinajstić information content (AvgIpc) is 3.17. The van der Waals surface area contributed by atoms with Crippen LogP contribution in [-0.2, 0) is 11.3 Å². The van der Waals surface area contributed by atoms with Crippen LogP contribution in [0.4, 0.5) is 0 Å². The highest BCUT2D eigenvalue weighted by atomic mass is 16.5. The van der Waals surface area contributed by atoms with E-state index < -0.39 is 0 Å². The second kappa shape index (κ2) is 9.35. The number of hydrogen-bond donors (Lipinski definition) is 1. The molecule has 0 unspecified atom stereocenters. The Kier molecular flexibility index (Phi) is 6.62. The Bertz CT molecular complexity index is 682. The number of likely N-dealkylation sites (tertiary alicyclic amines) is 1. The van der Waals surface area contributed by atoms with E-state index in [-0.39, 0.29) is 12.0 Å². The summed E-state index contributed by atoms with van der Waals surface area (Å²) < 4.78 is 15.9. The number of hydrogen-bond acceptors (Lipinski definition) is 6. The number of piperidine rings is 1. The van der Waals surface area contributed by atoms with Gasteiger partial charge in [0.25, 0.3) is 5.91 Å². The van der Waals surface area contributed by atoms with Crippen molar-refractivity contribution < 1.29 is 18.8 Å². The maximum atomic E-state index is 12.1. The molecule has 7 heteroatoms. The predicted molar refractivity (Wildman–Crippen MR) is 96.1 cm³/mol.